The lowest BCUT2D eigenvalue weighted by Crippen LogP contribution is -2.30. The van der Waals surface area contributed by atoms with Crippen LogP contribution >= 0.6 is 0 Å². The third kappa shape index (κ3) is 7.20. The molecule has 9 nitrogen and oxygen atoms in total. The van der Waals surface area contributed by atoms with Crippen LogP contribution in [0.3, 0.4) is 0 Å². The fraction of sp³-hybridized carbons (Fsp3) is 0.294. The summed E-state index contributed by atoms with van der Waals surface area (Å²) in [5.74, 6) is -1.21. The summed E-state index contributed by atoms with van der Waals surface area (Å²) in [4.78, 5) is 31.5. The summed E-state index contributed by atoms with van der Waals surface area (Å²) in [7, 11) is 0. The molecular formula is C34H37FN4O5. The van der Waals surface area contributed by atoms with Crippen LogP contribution in [0.25, 0.3) is 23.0 Å². The summed E-state index contributed by atoms with van der Waals surface area (Å²) in [5.41, 5.74) is 3.34. The number of rotatable bonds is 12. The standard InChI is InChI=1S/C34H37FN4O5/c1-8-17-43-27-18-24(35)16-15-23(27)20-36-32(40)26-19-28-37-21(4)29(31(33(41)42-10-3)44-34(5,6)7)30(39(28)38-26)25-14-12-11-13-22(25)9-2/h8-9,11-16,18-19,31H,1-2,10,17,20H2,3-7H3,(H,36,40). The minimum atomic E-state index is -1.13. The van der Waals surface area contributed by atoms with Gasteiger partial charge in [-0.3, -0.25) is 4.79 Å². The third-order valence-corrected chi connectivity index (χ3v) is 6.56. The Morgan fingerprint density at radius 3 is 2.57 bits per heavy atom. The fourth-order valence-electron chi connectivity index (χ4n) is 4.73. The van der Waals surface area contributed by atoms with Crippen LogP contribution in [-0.2, 0) is 20.8 Å². The number of aryl methyl sites for hydroxylation is 1. The normalized spacial score (nSPS) is 12.0. The van der Waals surface area contributed by atoms with Gasteiger partial charge in [0, 0.05) is 41.1 Å². The average molecular weight is 601 g/mol. The largest absolute Gasteiger partial charge is 0.489 e. The van der Waals surface area contributed by atoms with Crippen molar-refractivity contribution in [3.8, 4) is 17.0 Å². The van der Waals surface area contributed by atoms with E-state index in [4.69, 9.17) is 19.2 Å². The molecule has 230 valence electrons. The van der Waals surface area contributed by atoms with E-state index in [2.05, 4.69) is 23.6 Å². The molecule has 44 heavy (non-hydrogen) atoms. The fourth-order valence-corrected chi connectivity index (χ4v) is 4.73. The number of hydrogen-bond acceptors (Lipinski definition) is 7. The van der Waals surface area contributed by atoms with Crippen LogP contribution < -0.4 is 10.1 Å². The van der Waals surface area contributed by atoms with E-state index in [-0.39, 0.29) is 25.5 Å². The Morgan fingerprint density at radius 1 is 1.14 bits per heavy atom. The maximum Gasteiger partial charge on any atom is 0.340 e. The molecule has 2 heterocycles. The van der Waals surface area contributed by atoms with Gasteiger partial charge in [0.2, 0.25) is 0 Å². The van der Waals surface area contributed by atoms with Crippen LogP contribution in [0.4, 0.5) is 4.39 Å². The van der Waals surface area contributed by atoms with Gasteiger partial charge >= 0.3 is 5.97 Å². The lowest BCUT2D eigenvalue weighted by molar-refractivity contribution is -0.166. The molecule has 2 aromatic heterocycles. The van der Waals surface area contributed by atoms with Crippen molar-refractivity contribution in [1.82, 2.24) is 19.9 Å². The summed E-state index contributed by atoms with van der Waals surface area (Å²) in [6, 6.07) is 13.2. The van der Waals surface area contributed by atoms with Crippen LogP contribution in [0.5, 0.6) is 5.75 Å². The van der Waals surface area contributed by atoms with Gasteiger partial charge in [0.1, 0.15) is 18.2 Å². The Bertz CT molecular complexity index is 1710. The Kier molecular flexibility index (Phi) is 9.95. The number of hydrogen-bond donors (Lipinski definition) is 1. The van der Waals surface area contributed by atoms with Gasteiger partial charge in [-0.25, -0.2) is 18.7 Å². The van der Waals surface area contributed by atoms with Crippen molar-refractivity contribution in [1.29, 1.82) is 0 Å². The van der Waals surface area contributed by atoms with E-state index in [9.17, 15) is 14.0 Å². The Balaban J connectivity index is 1.84. The zero-order chi connectivity index (χ0) is 32.0. The van der Waals surface area contributed by atoms with Gasteiger partial charge in [0.15, 0.2) is 17.4 Å². The summed E-state index contributed by atoms with van der Waals surface area (Å²) in [5, 5.41) is 7.47. The molecule has 10 heteroatoms. The molecule has 0 radical (unpaired) electrons. The quantitative estimate of drug-likeness (QED) is 0.148. The predicted molar refractivity (Wildman–Crippen MR) is 167 cm³/mol. The van der Waals surface area contributed by atoms with Gasteiger partial charge in [-0.05, 0) is 46.2 Å². The van der Waals surface area contributed by atoms with Crippen molar-refractivity contribution in [2.45, 2.75) is 52.9 Å². The van der Waals surface area contributed by atoms with E-state index in [0.717, 1.165) is 5.56 Å². The number of halogens is 1. The predicted octanol–water partition coefficient (Wildman–Crippen LogP) is 6.40. The number of amides is 1. The van der Waals surface area contributed by atoms with Crippen molar-refractivity contribution in [2.75, 3.05) is 13.2 Å². The van der Waals surface area contributed by atoms with Crippen LogP contribution in [0, 0.1) is 12.7 Å². The number of nitrogens with one attached hydrogen (secondary N) is 1. The third-order valence-electron chi connectivity index (χ3n) is 6.56. The molecule has 1 N–H and O–H groups in total. The molecular weight excluding hydrogens is 563 g/mol. The molecule has 2 aromatic carbocycles. The van der Waals surface area contributed by atoms with Crippen LogP contribution in [0.1, 0.15) is 66.7 Å². The second-order valence-corrected chi connectivity index (χ2v) is 10.9. The second kappa shape index (κ2) is 13.6. The first kappa shape index (κ1) is 32.1. The van der Waals surface area contributed by atoms with Crippen LogP contribution in [0.15, 0.2) is 67.8 Å². The first-order valence-electron chi connectivity index (χ1n) is 14.2. The highest BCUT2D eigenvalue weighted by Crippen LogP contribution is 2.37. The first-order chi connectivity index (χ1) is 21.0. The molecule has 4 aromatic rings. The van der Waals surface area contributed by atoms with Crippen molar-refractivity contribution in [3.63, 3.8) is 0 Å². The van der Waals surface area contributed by atoms with E-state index in [1.807, 2.05) is 45.0 Å². The van der Waals surface area contributed by atoms with Crippen molar-refractivity contribution >= 4 is 23.6 Å². The minimum absolute atomic E-state index is 0.0632. The molecule has 0 saturated heterocycles. The molecule has 4 rings (SSSR count). The average Bonchev–Trinajstić information content (AvgIpc) is 3.41. The van der Waals surface area contributed by atoms with Crippen molar-refractivity contribution < 1.29 is 28.2 Å². The number of nitrogens with zero attached hydrogens (tertiary/aromatic N) is 3. The highest BCUT2D eigenvalue weighted by molar-refractivity contribution is 5.94. The summed E-state index contributed by atoms with van der Waals surface area (Å²) < 4.78 is 32.7. The van der Waals surface area contributed by atoms with Gasteiger partial charge < -0.3 is 19.5 Å². The molecule has 0 saturated carbocycles. The maximum atomic E-state index is 13.8. The molecule has 0 aliphatic heterocycles. The lowest BCUT2D eigenvalue weighted by Gasteiger charge is -2.29. The zero-order valence-electron chi connectivity index (χ0n) is 25.6. The lowest BCUT2D eigenvalue weighted by atomic mass is 9.95. The summed E-state index contributed by atoms with van der Waals surface area (Å²) >= 11 is 0. The summed E-state index contributed by atoms with van der Waals surface area (Å²) in [6.07, 6.45) is 2.12. The van der Waals surface area contributed by atoms with Crippen molar-refractivity contribution in [3.05, 3.63) is 102 Å². The number of aromatic nitrogens is 3. The summed E-state index contributed by atoms with van der Waals surface area (Å²) in [6.45, 7) is 17.1. The molecule has 1 amide bonds. The zero-order valence-corrected chi connectivity index (χ0v) is 25.6. The molecule has 0 fully saturated rings. The van der Waals surface area contributed by atoms with Gasteiger partial charge in [0.25, 0.3) is 5.91 Å². The van der Waals surface area contributed by atoms with Gasteiger partial charge in [-0.1, -0.05) is 55.6 Å². The first-order valence-corrected chi connectivity index (χ1v) is 14.2. The monoisotopic (exact) mass is 600 g/mol. The Morgan fingerprint density at radius 2 is 1.89 bits per heavy atom. The van der Waals surface area contributed by atoms with Gasteiger partial charge in [0.05, 0.1) is 17.9 Å². The minimum Gasteiger partial charge on any atom is -0.489 e. The number of esters is 1. The Hall–Kier alpha value is -4.83. The molecule has 1 atom stereocenters. The molecule has 0 aliphatic carbocycles. The number of ether oxygens (including phenoxy) is 3. The van der Waals surface area contributed by atoms with E-state index in [0.29, 0.717) is 39.5 Å². The van der Waals surface area contributed by atoms with E-state index in [1.54, 1.807) is 38.1 Å². The maximum absolute atomic E-state index is 13.8. The van der Waals surface area contributed by atoms with Gasteiger partial charge in [-0.15, -0.1) is 0 Å². The highest BCUT2D eigenvalue weighted by Gasteiger charge is 2.34. The number of benzene rings is 2. The second-order valence-electron chi connectivity index (χ2n) is 10.9. The van der Waals surface area contributed by atoms with Crippen molar-refractivity contribution in [2.24, 2.45) is 0 Å². The molecule has 0 spiro atoms. The van der Waals surface area contributed by atoms with E-state index in [1.165, 1.54) is 16.6 Å². The van der Waals surface area contributed by atoms with E-state index < -0.39 is 29.4 Å². The highest BCUT2D eigenvalue weighted by atomic mass is 19.1. The van der Waals surface area contributed by atoms with Crippen LogP contribution in [0.2, 0.25) is 0 Å². The smallest absolute Gasteiger partial charge is 0.340 e. The van der Waals surface area contributed by atoms with E-state index >= 15 is 0 Å². The molecule has 0 bridgehead atoms. The SMILES string of the molecule is C=CCOc1cc(F)ccc1CNC(=O)c1cc2nc(C)c(C(OC(C)(C)C)C(=O)OCC)c(-c3ccccc3C=C)n2n1. The Labute approximate surface area is 256 Å². The number of fused-ring (bicyclic) bond motifs is 1. The van der Waals surface area contributed by atoms with Crippen LogP contribution in [-0.4, -0.2) is 45.3 Å². The number of carbonyl (C=O) groups is 2. The molecule has 1 unspecified atom stereocenters. The molecule has 0 aliphatic rings. The van der Waals surface area contributed by atoms with Gasteiger partial charge in [-0.2, -0.15) is 5.10 Å². The topological polar surface area (TPSA) is 104 Å². The number of carbonyl (C=O) groups excluding carboxylic acids is 2.